The zero-order chi connectivity index (χ0) is 62.0. The molecule has 0 bridgehead atoms. The largest absolute Gasteiger partial charge is 0.310 e. The molecule has 2 saturated carbocycles. The molecular formula is C91H76N2. The number of benzene rings is 14. The molecule has 14 aromatic carbocycles. The first-order valence-corrected chi connectivity index (χ1v) is 34.2. The smallest absolute Gasteiger partial charge is 0.0714 e. The van der Waals surface area contributed by atoms with Gasteiger partial charge in [0.05, 0.1) is 16.8 Å². The van der Waals surface area contributed by atoms with Gasteiger partial charge in [-0.05, 0) is 223 Å². The summed E-state index contributed by atoms with van der Waals surface area (Å²) in [7, 11) is 0. The van der Waals surface area contributed by atoms with Crippen molar-refractivity contribution in [2.24, 2.45) is 0 Å². The molecule has 0 saturated heterocycles. The fourth-order valence-corrected chi connectivity index (χ4v) is 17.2. The topological polar surface area (TPSA) is 6.48 Å². The summed E-state index contributed by atoms with van der Waals surface area (Å²) in [5.41, 5.74) is 27.1. The Balaban J connectivity index is 0.924. The van der Waals surface area contributed by atoms with Crippen LogP contribution in [0.5, 0.6) is 0 Å². The molecule has 0 aliphatic heterocycles. The minimum Gasteiger partial charge on any atom is -0.310 e. The minimum absolute atomic E-state index is 0.437. The van der Waals surface area contributed by atoms with Crippen molar-refractivity contribution in [2.45, 2.75) is 95.3 Å². The van der Waals surface area contributed by atoms with Gasteiger partial charge in [-0.2, -0.15) is 0 Å². The molecule has 0 spiro atoms. The average Bonchev–Trinajstić information content (AvgIpc) is 1.69. The first-order valence-electron chi connectivity index (χ1n) is 34.2. The molecule has 2 heteroatoms. The lowest BCUT2D eigenvalue weighted by molar-refractivity contribution is 0.445. The number of hydrogen-bond donors (Lipinski definition) is 0. The second kappa shape index (κ2) is 23.8. The number of fused-ring (bicyclic) bond motifs is 3. The normalized spacial score (nSPS) is 14.8. The van der Waals surface area contributed by atoms with E-state index in [0.717, 1.165) is 22.7 Å². The van der Waals surface area contributed by atoms with Gasteiger partial charge >= 0.3 is 0 Å². The SMILES string of the molecule is Cc1cccc(N(c2cccc(-c3ccccc3-c3ccccc3-c3ccccc3)c2)c2cc(C3CCCCC3)c3ccc4c(N(c5cccc(C)c5)c5cccc(C6(c7ccccc7)c7ccccc7-c7ccccc76)c5)cc(C5CCCCC5)c5ccc2c3c54)c1. The van der Waals surface area contributed by atoms with Crippen molar-refractivity contribution in [1.29, 1.82) is 0 Å². The standard InChI is InChI=1S/C91H76N2/c1-61-27-23-39-69(55-61)92(71-41-25-35-66(57-71)74-44-16-18-46-76(74)75-45-17-15-43-73(75)63-29-7-3-8-30-63)87-59-83(64-31-9-4-10-32-64)79-52-54-82-88(60-84(65-33-11-5-12-34-65)80-51-53-81(87)89(79)90(80)82)93(70-40-24-28-62(2)56-70)72-42-26-38-68(58-72)91(67-36-13-6-14-37-67)85-49-21-19-47-77(85)78-48-20-22-50-86(78)91/h3,6-8,13-30,35-60,64-65H,4-5,9-12,31-34H2,1-2H3. The summed E-state index contributed by atoms with van der Waals surface area (Å²) in [4.78, 5) is 5.26. The monoisotopic (exact) mass is 1200 g/mol. The number of nitrogens with zero attached hydrogens (tertiary/aromatic N) is 2. The van der Waals surface area contributed by atoms with Crippen molar-refractivity contribution in [3.05, 3.63) is 336 Å². The van der Waals surface area contributed by atoms with E-state index in [2.05, 4.69) is 315 Å². The molecule has 0 aromatic heterocycles. The summed E-state index contributed by atoms with van der Waals surface area (Å²) in [5, 5.41) is 8.15. The van der Waals surface area contributed by atoms with Gasteiger partial charge < -0.3 is 9.80 Å². The van der Waals surface area contributed by atoms with Gasteiger partial charge in [0.1, 0.15) is 0 Å². The molecule has 2 nitrogen and oxygen atoms in total. The van der Waals surface area contributed by atoms with Gasteiger partial charge in [-0.1, -0.05) is 269 Å². The van der Waals surface area contributed by atoms with E-state index in [0.29, 0.717) is 11.8 Å². The summed E-state index contributed by atoms with van der Waals surface area (Å²) >= 11 is 0. The van der Waals surface area contributed by atoms with Crippen LogP contribution in [0.2, 0.25) is 0 Å². The molecule has 450 valence electrons. The van der Waals surface area contributed by atoms with Crippen LogP contribution >= 0.6 is 0 Å². The highest BCUT2D eigenvalue weighted by Crippen LogP contribution is 2.58. The molecule has 3 aliphatic carbocycles. The van der Waals surface area contributed by atoms with E-state index in [1.165, 1.54) is 197 Å². The lowest BCUT2D eigenvalue weighted by atomic mass is 9.67. The minimum atomic E-state index is -0.551. The van der Waals surface area contributed by atoms with Crippen molar-refractivity contribution in [3.8, 4) is 44.5 Å². The quantitative estimate of drug-likeness (QED) is 0.106. The molecule has 2 fully saturated rings. The molecule has 14 aromatic rings. The van der Waals surface area contributed by atoms with Crippen LogP contribution in [0.15, 0.2) is 291 Å². The third-order valence-corrected chi connectivity index (χ3v) is 21.4. The summed E-state index contributed by atoms with van der Waals surface area (Å²) in [6.07, 6.45) is 12.4. The number of anilines is 6. The summed E-state index contributed by atoms with van der Waals surface area (Å²) in [6.45, 7) is 4.49. The number of hydrogen-bond acceptors (Lipinski definition) is 2. The maximum atomic E-state index is 2.66. The van der Waals surface area contributed by atoms with Crippen LogP contribution in [0.1, 0.15) is 121 Å². The van der Waals surface area contributed by atoms with E-state index in [1.54, 1.807) is 0 Å². The van der Waals surface area contributed by atoms with Crippen LogP contribution in [0, 0.1) is 13.8 Å². The summed E-state index contributed by atoms with van der Waals surface area (Å²) in [6, 6.07) is 111. The lowest BCUT2D eigenvalue weighted by Gasteiger charge is -2.36. The van der Waals surface area contributed by atoms with Crippen LogP contribution in [0.3, 0.4) is 0 Å². The van der Waals surface area contributed by atoms with Crippen LogP contribution in [0.4, 0.5) is 34.1 Å². The Hall–Kier alpha value is -10.3. The molecule has 0 heterocycles. The molecule has 17 rings (SSSR count). The fourth-order valence-electron chi connectivity index (χ4n) is 17.2. The Morgan fingerprint density at radius 3 is 1.16 bits per heavy atom. The van der Waals surface area contributed by atoms with Crippen molar-refractivity contribution >= 4 is 66.4 Å². The molecule has 93 heavy (non-hydrogen) atoms. The highest BCUT2D eigenvalue weighted by Gasteiger charge is 2.46. The Bertz CT molecular complexity index is 5060. The van der Waals surface area contributed by atoms with Crippen LogP contribution in [0.25, 0.3) is 76.8 Å². The maximum absolute atomic E-state index is 2.66. The summed E-state index contributed by atoms with van der Waals surface area (Å²) in [5.74, 6) is 0.878. The predicted molar refractivity (Wildman–Crippen MR) is 394 cm³/mol. The van der Waals surface area contributed by atoms with Gasteiger partial charge in [0.25, 0.3) is 0 Å². The van der Waals surface area contributed by atoms with Crippen molar-refractivity contribution in [3.63, 3.8) is 0 Å². The van der Waals surface area contributed by atoms with Gasteiger partial charge in [0, 0.05) is 33.5 Å². The number of aryl methyl sites for hydroxylation is 2. The van der Waals surface area contributed by atoms with Crippen LogP contribution in [-0.2, 0) is 5.41 Å². The molecule has 0 amide bonds. The van der Waals surface area contributed by atoms with Crippen molar-refractivity contribution < 1.29 is 0 Å². The Labute approximate surface area is 548 Å². The van der Waals surface area contributed by atoms with Crippen molar-refractivity contribution in [2.75, 3.05) is 9.80 Å². The van der Waals surface area contributed by atoms with Crippen LogP contribution < -0.4 is 9.80 Å². The lowest BCUT2D eigenvalue weighted by Crippen LogP contribution is -2.28. The third kappa shape index (κ3) is 9.67. The molecule has 0 radical (unpaired) electrons. The van der Waals surface area contributed by atoms with Crippen molar-refractivity contribution in [1.82, 2.24) is 0 Å². The number of rotatable bonds is 13. The molecule has 0 unspecified atom stereocenters. The fraction of sp³-hybridized carbons (Fsp3) is 0.165. The molecule has 0 N–H and O–H groups in total. The average molecular weight is 1200 g/mol. The molecule has 0 atom stereocenters. The third-order valence-electron chi connectivity index (χ3n) is 21.4. The second-order valence-corrected chi connectivity index (χ2v) is 26.8. The van der Waals surface area contributed by atoms with Gasteiger partial charge in [-0.25, -0.2) is 0 Å². The van der Waals surface area contributed by atoms with Gasteiger partial charge in [-0.3, -0.25) is 0 Å². The summed E-state index contributed by atoms with van der Waals surface area (Å²) < 4.78 is 0. The zero-order valence-corrected chi connectivity index (χ0v) is 53.3. The first-order chi connectivity index (χ1) is 46.0. The van der Waals surface area contributed by atoms with Gasteiger partial charge in [0.2, 0.25) is 0 Å². The van der Waals surface area contributed by atoms with Crippen LogP contribution in [-0.4, -0.2) is 0 Å². The Morgan fingerprint density at radius 2 is 0.656 bits per heavy atom. The highest BCUT2D eigenvalue weighted by atomic mass is 15.2. The predicted octanol–water partition coefficient (Wildman–Crippen LogP) is 25.6. The van der Waals surface area contributed by atoms with E-state index in [-0.39, 0.29) is 0 Å². The van der Waals surface area contributed by atoms with Gasteiger partial charge in [-0.15, -0.1) is 0 Å². The van der Waals surface area contributed by atoms with E-state index < -0.39 is 5.41 Å². The van der Waals surface area contributed by atoms with E-state index >= 15 is 0 Å². The van der Waals surface area contributed by atoms with E-state index in [1.807, 2.05) is 0 Å². The zero-order valence-electron chi connectivity index (χ0n) is 53.3. The molecular weight excluding hydrogens is 1120 g/mol. The maximum Gasteiger partial charge on any atom is 0.0714 e. The molecule has 3 aliphatic rings. The van der Waals surface area contributed by atoms with E-state index in [4.69, 9.17) is 0 Å². The Morgan fingerprint density at radius 1 is 0.280 bits per heavy atom. The second-order valence-electron chi connectivity index (χ2n) is 26.8. The van der Waals surface area contributed by atoms with Gasteiger partial charge in [0.15, 0.2) is 0 Å². The highest BCUT2D eigenvalue weighted by molar-refractivity contribution is 6.29. The van der Waals surface area contributed by atoms with E-state index in [9.17, 15) is 0 Å². The Kier molecular flexibility index (Phi) is 14.5. The first kappa shape index (κ1) is 56.7.